The van der Waals surface area contributed by atoms with Gasteiger partial charge in [0, 0.05) is 19.0 Å². The van der Waals surface area contributed by atoms with Gasteiger partial charge in [0.15, 0.2) is 0 Å². The van der Waals surface area contributed by atoms with Gasteiger partial charge in [-0.1, -0.05) is 0 Å². The second-order valence-electron chi connectivity index (χ2n) is 4.29. The van der Waals surface area contributed by atoms with E-state index >= 15 is 0 Å². The smallest absolute Gasteiger partial charge is 0.245 e. The molecule has 0 spiro atoms. The number of rotatable bonds is 3. The van der Waals surface area contributed by atoms with Crippen LogP contribution in [0.3, 0.4) is 0 Å². The Morgan fingerprint density at radius 3 is 2.81 bits per heavy atom. The fraction of sp³-hybridized carbons (Fsp3) is 0.818. The van der Waals surface area contributed by atoms with E-state index in [1.54, 1.807) is 4.90 Å². The van der Waals surface area contributed by atoms with Crippen molar-refractivity contribution in [2.75, 3.05) is 26.3 Å². The quantitative estimate of drug-likeness (QED) is 0.722. The fourth-order valence-electron chi connectivity index (χ4n) is 1.94. The molecule has 5 heteroatoms. The van der Waals surface area contributed by atoms with E-state index in [4.69, 9.17) is 4.74 Å². The number of morpholine rings is 1. The Bertz CT molecular complexity index is 289. The molecule has 16 heavy (non-hydrogen) atoms. The molecule has 1 saturated heterocycles. The second-order valence-corrected chi connectivity index (χ2v) is 4.29. The lowest BCUT2D eigenvalue weighted by Gasteiger charge is -2.34. The number of carbonyl (C=O) groups excluding carboxylic acids is 2. The summed E-state index contributed by atoms with van der Waals surface area (Å²) in [6.07, 6.45) is 1.94. The number of nitrogens with one attached hydrogen (secondary N) is 1. The summed E-state index contributed by atoms with van der Waals surface area (Å²) < 4.78 is 5.28. The van der Waals surface area contributed by atoms with Gasteiger partial charge in [-0.25, -0.2) is 0 Å². The number of likely N-dealkylation sites (N-methyl/N-ethyl adjacent to an activating group) is 1. The second kappa shape index (κ2) is 4.82. The van der Waals surface area contributed by atoms with E-state index in [1.807, 2.05) is 6.92 Å². The van der Waals surface area contributed by atoms with Crippen LogP contribution in [0.25, 0.3) is 0 Å². The highest BCUT2D eigenvalue weighted by Gasteiger charge is 2.39. The van der Waals surface area contributed by atoms with Crippen LogP contribution in [-0.4, -0.2) is 49.1 Å². The molecular weight excluding hydrogens is 208 g/mol. The highest BCUT2D eigenvalue weighted by Crippen LogP contribution is 2.32. The Hall–Kier alpha value is -1.10. The third-order valence-corrected chi connectivity index (χ3v) is 2.99. The summed E-state index contributed by atoms with van der Waals surface area (Å²) in [4.78, 5) is 25.4. The van der Waals surface area contributed by atoms with E-state index in [2.05, 4.69) is 5.32 Å². The molecule has 0 aromatic heterocycles. The molecule has 1 aliphatic carbocycles. The van der Waals surface area contributed by atoms with Crippen molar-refractivity contribution in [3.8, 4) is 0 Å². The van der Waals surface area contributed by atoms with E-state index < -0.39 is 6.04 Å². The zero-order valence-electron chi connectivity index (χ0n) is 9.57. The minimum absolute atomic E-state index is 0.101. The fourth-order valence-corrected chi connectivity index (χ4v) is 1.94. The first-order valence-corrected chi connectivity index (χ1v) is 5.90. The van der Waals surface area contributed by atoms with Crippen molar-refractivity contribution in [3.05, 3.63) is 0 Å². The topological polar surface area (TPSA) is 58.6 Å². The molecule has 1 N–H and O–H groups in total. The lowest BCUT2D eigenvalue weighted by Crippen LogP contribution is -2.56. The van der Waals surface area contributed by atoms with Gasteiger partial charge < -0.3 is 15.0 Å². The molecule has 2 amide bonds. The molecule has 5 nitrogen and oxygen atoms in total. The summed E-state index contributed by atoms with van der Waals surface area (Å²) in [6.45, 7) is 3.85. The van der Waals surface area contributed by atoms with Gasteiger partial charge in [0.05, 0.1) is 13.2 Å². The first-order valence-electron chi connectivity index (χ1n) is 5.90. The molecule has 2 fully saturated rings. The van der Waals surface area contributed by atoms with Crippen LogP contribution in [0, 0.1) is 5.92 Å². The summed E-state index contributed by atoms with van der Waals surface area (Å²) in [5, 5.41) is 2.75. The third-order valence-electron chi connectivity index (χ3n) is 2.99. The maximum absolute atomic E-state index is 12.0. The molecule has 0 bridgehead atoms. The minimum atomic E-state index is -0.429. The van der Waals surface area contributed by atoms with Crippen LogP contribution in [0.1, 0.15) is 19.8 Å². The van der Waals surface area contributed by atoms with Crippen LogP contribution in [-0.2, 0) is 14.3 Å². The van der Waals surface area contributed by atoms with E-state index in [1.165, 1.54) is 0 Å². The third kappa shape index (κ3) is 2.35. The number of amides is 2. The minimum Gasteiger partial charge on any atom is -0.377 e. The molecule has 1 heterocycles. The normalized spacial score (nSPS) is 25.3. The van der Waals surface area contributed by atoms with Crippen LogP contribution >= 0.6 is 0 Å². The predicted octanol–water partition coefficient (Wildman–Crippen LogP) is -0.240. The highest BCUT2D eigenvalue weighted by atomic mass is 16.5. The maximum atomic E-state index is 12.0. The zero-order valence-corrected chi connectivity index (χ0v) is 9.57. The molecule has 1 atom stereocenters. The van der Waals surface area contributed by atoms with Crippen molar-refractivity contribution in [1.29, 1.82) is 0 Å². The summed E-state index contributed by atoms with van der Waals surface area (Å²) in [6, 6.07) is -0.429. The average molecular weight is 226 g/mol. The van der Waals surface area contributed by atoms with Gasteiger partial charge >= 0.3 is 0 Å². The molecule has 1 saturated carbocycles. The molecule has 0 aromatic carbocycles. The Kier molecular flexibility index (Phi) is 3.43. The summed E-state index contributed by atoms with van der Waals surface area (Å²) in [5.41, 5.74) is 0. The molecule has 0 aromatic rings. The predicted molar refractivity (Wildman–Crippen MR) is 57.7 cm³/mol. The zero-order chi connectivity index (χ0) is 11.5. The van der Waals surface area contributed by atoms with E-state index in [9.17, 15) is 9.59 Å². The van der Waals surface area contributed by atoms with Gasteiger partial charge in [-0.05, 0) is 19.8 Å². The first kappa shape index (κ1) is 11.4. The SMILES string of the molecule is CCNC(=O)C1COCCN1C(=O)C1CC1. The Morgan fingerprint density at radius 1 is 1.44 bits per heavy atom. The van der Waals surface area contributed by atoms with Gasteiger partial charge in [0.2, 0.25) is 11.8 Å². The van der Waals surface area contributed by atoms with Crippen LogP contribution in [0.15, 0.2) is 0 Å². The van der Waals surface area contributed by atoms with Crippen LogP contribution in [0.5, 0.6) is 0 Å². The summed E-state index contributed by atoms with van der Waals surface area (Å²) >= 11 is 0. The summed E-state index contributed by atoms with van der Waals surface area (Å²) in [5.74, 6) is 0.186. The lowest BCUT2D eigenvalue weighted by atomic mass is 10.2. The molecule has 1 unspecified atom stereocenters. The van der Waals surface area contributed by atoms with Crippen molar-refractivity contribution in [2.24, 2.45) is 5.92 Å². The highest BCUT2D eigenvalue weighted by molar-refractivity contribution is 5.89. The van der Waals surface area contributed by atoms with Crippen molar-refractivity contribution < 1.29 is 14.3 Å². The van der Waals surface area contributed by atoms with Crippen LogP contribution < -0.4 is 5.32 Å². The van der Waals surface area contributed by atoms with Crippen molar-refractivity contribution in [3.63, 3.8) is 0 Å². The Morgan fingerprint density at radius 2 is 2.19 bits per heavy atom. The number of hydrogen-bond acceptors (Lipinski definition) is 3. The largest absolute Gasteiger partial charge is 0.377 e. The lowest BCUT2D eigenvalue weighted by molar-refractivity contribution is -0.149. The van der Waals surface area contributed by atoms with E-state index in [0.717, 1.165) is 12.8 Å². The van der Waals surface area contributed by atoms with Gasteiger partial charge in [-0.15, -0.1) is 0 Å². The van der Waals surface area contributed by atoms with E-state index in [-0.39, 0.29) is 17.7 Å². The number of carbonyl (C=O) groups is 2. The molecule has 0 radical (unpaired) electrons. The monoisotopic (exact) mass is 226 g/mol. The number of ether oxygens (including phenoxy) is 1. The molecular formula is C11H18N2O3. The maximum Gasteiger partial charge on any atom is 0.245 e. The first-order chi connectivity index (χ1) is 7.74. The number of nitrogens with zero attached hydrogens (tertiary/aromatic N) is 1. The summed E-state index contributed by atoms with van der Waals surface area (Å²) in [7, 11) is 0. The van der Waals surface area contributed by atoms with Crippen molar-refractivity contribution in [1.82, 2.24) is 10.2 Å². The van der Waals surface area contributed by atoms with Gasteiger partial charge in [0.1, 0.15) is 6.04 Å². The average Bonchev–Trinajstić information content (AvgIpc) is 3.12. The molecule has 90 valence electrons. The van der Waals surface area contributed by atoms with Crippen molar-refractivity contribution >= 4 is 11.8 Å². The molecule has 2 rings (SSSR count). The molecule has 2 aliphatic rings. The van der Waals surface area contributed by atoms with Crippen LogP contribution in [0.4, 0.5) is 0 Å². The standard InChI is InChI=1S/C11H18N2O3/c1-2-12-10(14)9-7-16-6-5-13(9)11(15)8-3-4-8/h8-9H,2-7H2,1H3,(H,12,14). The van der Waals surface area contributed by atoms with Gasteiger partial charge in [-0.2, -0.15) is 0 Å². The Labute approximate surface area is 95.1 Å². The molecule has 1 aliphatic heterocycles. The van der Waals surface area contributed by atoms with Gasteiger partial charge in [0.25, 0.3) is 0 Å². The van der Waals surface area contributed by atoms with Gasteiger partial charge in [-0.3, -0.25) is 9.59 Å². The number of hydrogen-bond donors (Lipinski definition) is 1. The Balaban J connectivity index is 2.00. The van der Waals surface area contributed by atoms with Crippen LogP contribution in [0.2, 0.25) is 0 Å². The van der Waals surface area contributed by atoms with Crippen molar-refractivity contribution in [2.45, 2.75) is 25.8 Å². The van der Waals surface area contributed by atoms with E-state index in [0.29, 0.717) is 26.3 Å².